The number of hydrogen-bond acceptors (Lipinski definition) is 5. The molecule has 2 heterocycles. The van der Waals surface area contributed by atoms with Crippen LogP contribution >= 0.6 is 11.8 Å². The lowest BCUT2D eigenvalue weighted by Crippen LogP contribution is -2.35. The lowest BCUT2D eigenvalue weighted by atomic mass is 10.2. The molecule has 0 atom stereocenters. The van der Waals surface area contributed by atoms with Gasteiger partial charge in [0.1, 0.15) is 0 Å². The summed E-state index contributed by atoms with van der Waals surface area (Å²) in [5, 5.41) is 11.7. The fraction of sp³-hybridized carbons (Fsp3) is 0.333. The van der Waals surface area contributed by atoms with Crippen molar-refractivity contribution in [1.82, 2.24) is 25.0 Å². The minimum atomic E-state index is -0.322. The van der Waals surface area contributed by atoms with Gasteiger partial charge in [-0.1, -0.05) is 42.1 Å². The third-order valence-corrected chi connectivity index (χ3v) is 4.50. The van der Waals surface area contributed by atoms with Crippen LogP contribution in [0.25, 0.3) is 11.4 Å². The van der Waals surface area contributed by atoms with Crippen LogP contribution in [-0.2, 0) is 11.3 Å². The van der Waals surface area contributed by atoms with Crippen LogP contribution in [0.4, 0.5) is 4.79 Å². The molecule has 120 valence electrons. The molecule has 1 aliphatic rings. The molecule has 8 heteroatoms. The average Bonchev–Trinajstić information content (AvgIpc) is 3.19. The minimum Gasteiger partial charge on any atom is -0.336 e. The first-order chi connectivity index (χ1) is 11.2. The van der Waals surface area contributed by atoms with E-state index in [0.717, 1.165) is 11.4 Å². The molecule has 1 N–H and O–H groups in total. The number of rotatable bonds is 5. The van der Waals surface area contributed by atoms with Crippen LogP contribution in [0, 0.1) is 0 Å². The maximum atomic E-state index is 12.1. The number of nitrogens with one attached hydrogen (secondary N) is 1. The van der Waals surface area contributed by atoms with Gasteiger partial charge in [-0.3, -0.25) is 9.69 Å². The largest absolute Gasteiger partial charge is 0.336 e. The van der Waals surface area contributed by atoms with E-state index in [1.165, 1.54) is 16.7 Å². The van der Waals surface area contributed by atoms with Crippen LogP contribution in [0.1, 0.15) is 6.92 Å². The van der Waals surface area contributed by atoms with Crippen molar-refractivity contribution in [1.29, 1.82) is 0 Å². The molecule has 1 saturated heterocycles. The second kappa shape index (κ2) is 6.82. The zero-order chi connectivity index (χ0) is 16.2. The second-order valence-electron chi connectivity index (χ2n) is 4.98. The summed E-state index contributed by atoms with van der Waals surface area (Å²) in [6.07, 6.45) is 0. The Bertz CT molecular complexity index is 716. The number of benzene rings is 1. The Morgan fingerprint density at radius 1 is 1.30 bits per heavy atom. The maximum absolute atomic E-state index is 12.1. The molecule has 1 aromatic carbocycles. The normalized spacial score (nSPS) is 14.1. The van der Waals surface area contributed by atoms with Gasteiger partial charge >= 0.3 is 6.03 Å². The van der Waals surface area contributed by atoms with E-state index in [4.69, 9.17) is 0 Å². The maximum Gasteiger partial charge on any atom is 0.324 e. The van der Waals surface area contributed by atoms with Crippen LogP contribution in [0.3, 0.4) is 0 Å². The molecule has 0 spiro atoms. The zero-order valence-electron chi connectivity index (χ0n) is 12.7. The predicted molar refractivity (Wildman–Crippen MR) is 87.0 cm³/mol. The fourth-order valence-corrected chi connectivity index (χ4v) is 3.27. The Morgan fingerprint density at radius 2 is 2.09 bits per heavy atom. The summed E-state index contributed by atoms with van der Waals surface area (Å²) in [6.45, 7) is 3.65. The highest BCUT2D eigenvalue weighted by molar-refractivity contribution is 7.99. The lowest BCUT2D eigenvalue weighted by molar-refractivity contribution is -0.124. The molecule has 1 aromatic heterocycles. The predicted octanol–water partition coefficient (Wildman–Crippen LogP) is 1.61. The van der Waals surface area contributed by atoms with Crippen molar-refractivity contribution in [3.63, 3.8) is 0 Å². The molecule has 23 heavy (non-hydrogen) atoms. The molecule has 0 saturated carbocycles. The minimum absolute atomic E-state index is 0.167. The second-order valence-corrected chi connectivity index (χ2v) is 5.92. The Hall–Kier alpha value is -2.35. The smallest absolute Gasteiger partial charge is 0.324 e. The van der Waals surface area contributed by atoms with Crippen LogP contribution in [0.2, 0.25) is 0 Å². The first-order valence-electron chi connectivity index (χ1n) is 7.40. The molecule has 0 radical (unpaired) electrons. The van der Waals surface area contributed by atoms with Crippen LogP contribution in [0.5, 0.6) is 0 Å². The molecule has 7 nitrogen and oxygen atoms in total. The molecule has 0 aliphatic carbocycles. The van der Waals surface area contributed by atoms with E-state index in [1.54, 1.807) is 0 Å². The fourth-order valence-electron chi connectivity index (χ4n) is 2.40. The van der Waals surface area contributed by atoms with Crippen molar-refractivity contribution in [3.8, 4) is 11.4 Å². The highest BCUT2D eigenvalue weighted by Crippen LogP contribution is 2.24. The highest BCUT2D eigenvalue weighted by Gasteiger charge is 2.26. The van der Waals surface area contributed by atoms with Crippen molar-refractivity contribution in [2.24, 2.45) is 0 Å². The van der Waals surface area contributed by atoms with Gasteiger partial charge in [-0.15, -0.1) is 10.2 Å². The number of nitrogens with zero attached hydrogens (tertiary/aromatic N) is 4. The highest BCUT2D eigenvalue weighted by atomic mass is 32.2. The van der Waals surface area contributed by atoms with E-state index in [0.29, 0.717) is 24.8 Å². The third kappa shape index (κ3) is 3.21. The molecule has 3 amide bonds. The van der Waals surface area contributed by atoms with Gasteiger partial charge in [-0.05, 0) is 6.92 Å². The standard InChI is InChI=1S/C15H17N5O2S/c1-2-19-13(11-6-4-3-5-7-11)17-18-15(19)23-10-12(21)20-9-8-16-14(20)22/h3-7H,2,8-10H2,1H3,(H,16,22). The number of urea groups is 1. The first-order valence-corrected chi connectivity index (χ1v) is 8.39. The number of carbonyl (C=O) groups is 2. The molecule has 2 aromatic rings. The molecular weight excluding hydrogens is 314 g/mol. The van der Waals surface area contributed by atoms with Gasteiger partial charge in [-0.25, -0.2) is 4.79 Å². The summed E-state index contributed by atoms with van der Waals surface area (Å²) in [5.41, 5.74) is 0.985. The summed E-state index contributed by atoms with van der Waals surface area (Å²) in [4.78, 5) is 24.8. The molecular formula is C15H17N5O2S. The quantitative estimate of drug-likeness (QED) is 0.842. The molecule has 3 rings (SSSR count). The van der Waals surface area contributed by atoms with E-state index < -0.39 is 0 Å². The van der Waals surface area contributed by atoms with Gasteiger partial charge in [0, 0.05) is 25.2 Å². The number of carbonyl (C=O) groups excluding carboxylic acids is 2. The van der Waals surface area contributed by atoms with Crippen molar-refractivity contribution in [3.05, 3.63) is 30.3 Å². The Labute approximate surface area is 138 Å². The summed E-state index contributed by atoms with van der Waals surface area (Å²) >= 11 is 1.30. The van der Waals surface area contributed by atoms with Gasteiger partial charge < -0.3 is 9.88 Å². The Balaban J connectivity index is 1.72. The van der Waals surface area contributed by atoms with Gasteiger partial charge in [0.2, 0.25) is 5.91 Å². The first kappa shape index (κ1) is 15.5. The summed E-state index contributed by atoms with van der Waals surface area (Å²) in [6, 6.07) is 9.48. The number of hydrogen-bond donors (Lipinski definition) is 1. The summed E-state index contributed by atoms with van der Waals surface area (Å²) < 4.78 is 1.97. The van der Waals surface area contributed by atoms with Gasteiger partial charge in [0.25, 0.3) is 0 Å². The zero-order valence-corrected chi connectivity index (χ0v) is 13.5. The van der Waals surface area contributed by atoms with Crippen molar-refractivity contribution >= 4 is 23.7 Å². The molecule has 0 bridgehead atoms. The van der Waals surface area contributed by atoms with Crippen LogP contribution < -0.4 is 5.32 Å². The van der Waals surface area contributed by atoms with Gasteiger partial charge in [-0.2, -0.15) is 0 Å². The third-order valence-electron chi connectivity index (χ3n) is 3.55. The topological polar surface area (TPSA) is 80.1 Å². The SMILES string of the molecule is CCn1c(SCC(=O)N2CCNC2=O)nnc1-c1ccccc1. The van der Waals surface area contributed by atoms with E-state index in [1.807, 2.05) is 41.8 Å². The summed E-state index contributed by atoms with van der Waals surface area (Å²) in [7, 11) is 0. The average molecular weight is 331 g/mol. The van der Waals surface area contributed by atoms with Crippen molar-refractivity contribution in [2.45, 2.75) is 18.6 Å². The van der Waals surface area contributed by atoms with Crippen molar-refractivity contribution in [2.75, 3.05) is 18.8 Å². The van der Waals surface area contributed by atoms with E-state index in [9.17, 15) is 9.59 Å². The van der Waals surface area contributed by atoms with Crippen LogP contribution in [0.15, 0.2) is 35.5 Å². The number of aromatic nitrogens is 3. The molecule has 0 unspecified atom stereocenters. The number of amides is 3. The number of thioether (sulfide) groups is 1. The van der Waals surface area contributed by atoms with Crippen LogP contribution in [-0.4, -0.2) is 50.4 Å². The Kier molecular flexibility index (Phi) is 4.61. The molecule has 1 aliphatic heterocycles. The van der Waals surface area contributed by atoms with E-state index in [2.05, 4.69) is 15.5 Å². The van der Waals surface area contributed by atoms with E-state index in [-0.39, 0.29) is 17.7 Å². The van der Waals surface area contributed by atoms with Crippen molar-refractivity contribution < 1.29 is 9.59 Å². The van der Waals surface area contributed by atoms with E-state index >= 15 is 0 Å². The molecule has 1 fully saturated rings. The Morgan fingerprint density at radius 3 is 2.74 bits per heavy atom. The lowest BCUT2D eigenvalue weighted by Gasteiger charge is -2.12. The monoisotopic (exact) mass is 331 g/mol. The van der Waals surface area contributed by atoms with Gasteiger partial charge in [0.15, 0.2) is 11.0 Å². The number of imide groups is 1. The summed E-state index contributed by atoms with van der Waals surface area (Å²) in [5.74, 6) is 0.735. The van der Waals surface area contributed by atoms with Gasteiger partial charge in [0.05, 0.1) is 5.75 Å².